The van der Waals surface area contributed by atoms with Crippen LogP contribution in [0.4, 0.5) is 10.1 Å². The maximum Gasteiger partial charge on any atom is 0.282 e. The molecule has 0 bridgehead atoms. The molecular weight excluding hydrogens is 391 g/mol. The van der Waals surface area contributed by atoms with Gasteiger partial charge in [-0.3, -0.25) is 9.59 Å². The Labute approximate surface area is 184 Å². The number of benzene rings is 1. The van der Waals surface area contributed by atoms with E-state index in [0.717, 1.165) is 44.2 Å². The fourth-order valence-corrected chi connectivity index (χ4v) is 8.01. The molecule has 7 atom stereocenters. The summed E-state index contributed by atoms with van der Waals surface area (Å²) in [6.07, 6.45) is 7.58. The quantitative estimate of drug-likeness (QED) is 0.711. The molecule has 166 valence electrons. The number of likely N-dealkylation sites (N-methyl/N-ethyl adjacent to an activating group) is 1. The third-order valence-corrected chi connectivity index (χ3v) is 9.52. The summed E-state index contributed by atoms with van der Waals surface area (Å²) in [5.74, 6) is 0.425. The Balaban J connectivity index is 1.40. The van der Waals surface area contributed by atoms with Gasteiger partial charge in [-0.25, -0.2) is 4.39 Å². The second kappa shape index (κ2) is 7.18. The first kappa shape index (κ1) is 20.7. The van der Waals surface area contributed by atoms with Gasteiger partial charge in [-0.2, -0.15) is 0 Å². The van der Waals surface area contributed by atoms with Crippen molar-refractivity contribution in [2.24, 2.45) is 34.5 Å². The summed E-state index contributed by atoms with van der Waals surface area (Å²) in [4.78, 5) is 27.1. The summed E-state index contributed by atoms with van der Waals surface area (Å²) in [6, 6.07) is 9.79. The Kier molecular flexibility index (Phi) is 4.80. The zero-order valence-corrected chi connectivity index (χ0v) is 18.7. The van der Waals surface area contributed by atoms with Crippen molar-refractivity contribution in [1.29, 1.82) is 0 Å². The molecule has 0 radical (unpaired) electrons. The number of amides is 2. The van der Waals surface area contributed by atoms with E-state index in [2.05, 4.69) is 19.2 Å². The Morgan fingerprint density at radius 1 is 1.06 bits per heavy atom. The third-order valence-electron chi connectivity index (χ3n) is 9.52. The van der Waals surface area contributed by atoms with Crippen LogP contribution in [-0.4, -0.2) is 29.8 Å². The van der Waals surface area contributed by atoms with Gasteiger partial charge < -0.3 is 10.2 Å². The molecule has 0 spiro atoms. The molecule has 2 amide bonds. The number of nitrogens with zero attached hydrogens (tertiary/aromatic N) is 1. The van der Waals surface area contributed by atoms with E-state index in [1.165, 1.54) is 0 Å². The predicted molar refractivity (Wildman–Crippen MR) is 119 cm³/mol. The maximum atomic E-state index is 14.5. The smallest absolute Gasteiger partial charge is 0.282 e. The average molecular weight is 425 g/mol. The van der Waals surface area contributed by atoms with Gasteiger partial charge in [0.25, 0.3) is 5.91 Å². The first-order valence-corrected chi connectivity index (χ1v) is 11.8. The summed E-state index contributed by atoms with van der Waals surface area (Å²) < 4.78 is 14.5. The highest BCUT2D eigenvalue weighted by atomic mass is 19.1. The number of anilines is 1. The van der Waals surface area contributed by atoms with Crippen LogP contribution < -0.4 is 5.32 Å². The number of nitrogens with one attached hydrogen (secondary N) is 1. The van der Waals surface area contributed by atoms with E-state index in [1.807, 2.05) is 30.3 Å². The molecule has 1 aromatic rings. The van der Waals surface area contributed by atoms with Gasteiger partial charge in [0.2, 0.25) is 5.91 Å². The minimum absolute atomic E-state index is 0.0120. The van der Waals surface area contributed by atoms with E-state index in [1.54, 1.807) is 18.0 Å². The number of fused-ring (bicyclic) bond motifs is 5. The monoisotopic (exact) mass is 424 g/mol. The van der Waals surface area contributed by atoms with Crippen LogP contribution >= 0.6 is 0 Å². The Morgan fingerprint density at radius 3 is 2.55 bits per heavy atom. The molecule has 1 heterocycles. The largest absolute Gasteiger partial charge is 0.336 e. The van der Waals surface area contributed by atoms with Gasteiger partial charge in [-0.15, -0.1) is 0 Å². The van der Waals surface area contributed by atoms with Gasteiger partial charge in [0.1, 0.15) is 0 Å². The zero-order valence-electron chi connectivity index (χ0n) is 18.7. The van der Waals surface area contributed by atoms with Crippen molar-refractivity contribution >= 4 is 17.5 Å². The van der Waals surface area contributed by atoms with Crippen LogP contribution in [0, 0.1) is 34.5 Å². The molecule has 3 fully saturated rings. The average Bonchev–Trinajstić information content (AvgIpc) is 3.10. The molecule has 0 aromatic heterocycles. The Hall–Kier alpha value is -2.17. The molecule has 0 unspecified atom stereocenters. The highest BCUT2D eigenvalue weighted by Crippen LogP contribution is 2.65. The summed E-state index contributed by atoms with van der Waals surface area (Å²) in [7, 11) is 1.75. The van der Waals surface area contributed by atoms with Gasteiger partial charge in [-0.05, 0) is 79.9 Å². The number of carbonyl (C=O) groups excluding carboxylic acids is 2. The zero-order chi connectivity index (χ0) is 22.0. The first-order chi connectivity index (χ1) is 14.8. The summed E-state index contributed by atoms with van der Waals surface area (Å²) >= 11 is 0. The van der Waals surface area contributed by atoms with Crippen molar-refractivity contribution in [2.45, 2.75) is 58.4 Å². The number of carbonyl (C=O) groups is 2. The van der Waals surface area contributed by atoms with Crippen LogP contribution in [0.3, 0.4) is 0 Å². The van der Waals surface area contributed by atoms with E-state index >= 15 is 0 Å². The number of hydrogen-bond donors (Lipinski definition) is 1. The van der Waals surface area contributed by atoms with Gasteiger partial charge in [0.15, 0.2) is 5.83 Å². The van der Waals surface area contributed by atoms with E-state index < -0.39 is 11.7 Å². The Morgan fingerprint density at radius 2 is 1.81 bits per heavy atom. The SMILES string of the molecule is CN1C(=O)C(F)=C[C@]2(C)[C@H]3CC[C@]4(C)[C@@H](C(=O)Nc5ccccc5)CC[C@H]4[C@@H]3CC[C@@H]12. The van der Waals surface area contributed by atoms with Crippen molar-refractivity contribution < 1.29 is 14.0 Å². The normalized spacial score (nSPS) is 41.7. The molecule has 1 N–H and O–H groups in total. The number of rotatable bonds is 2. The van der Waals surface area contributed by atoms with E-state index in [0.29, 0.717) is 17.8 Å². The highest BCUT2D eigenvalue weighted by molar-refractivity contribution is 5.93. The lowest BCUT2D eigenvalue weighted by atomic mass is 9.47. The first-order valence-electron chi connectivity index (χ1n) is 11.8. The predicted octanol–water partition coefficient (Wildman–Crippen LogP) is 5.18. The molecule has 0 saturated heterocycles. The molecule has 4 aliphatic rings. The van der Waals surface area contributed by atoms with Crippen LogP contribution in [0.15, 0.2) is 42.2 Å². The molecule has 1 aliphatic heterocycles. The Bertz CT molecular complexity index is 931. The van der Waals surface area contributed by atoms with Crippen molar-refractivity contribution in [2.75, 3.05) is 12.4 Å². The molecule has 5 heteroatoms. The summed E-state index contributed by atoms with van der Waals surface area (Å²) in [5.41, 5.74) is 0.528. The van der Waals surface area contributed by atoms with E-state index in [9.17, 15) is 14.0 Å². The number of hydrogen-bond acceptors (Lipinski definition) is 2. The van der Waals surface area contributed by atoms with Gasteiger partial charge in [0.05, 0.1) is 0 Å². The summed E-state index contributed by atoms with van der Waals surface area (Å²) in [6.45, 7) is 4.48. The fraction of sp³-hybridized carbons (Fsp3) is 0.615. The molecule has 31 heavy (non-hydrogen) atoms. The van der Waals surface area contributed by atoms with Gasteiger partial charge >= 0.3 is 0 Å². The standard InChI is InChI=1S/C26H33FN2O2/c1-25-14-13-19-17(9-12-22-26(19,2)15-21(27)24(31)29(22)3)18(25)10-11-20(25)23(30)28-16-7-5-4-6-8-16/h4-8,15,17-20,22H,9-14H2,1-3H3,(H,28,30)/t17-,18-,19-,20+,22+,25-,26+/m0/s1. The van der Waals surface area contributed by atoms with Crippen molar-refractivity contribution in [1.82, 2.24) is 4.90 Å². The minimum Gasteiger partial charge on any atom is -0.336 e. The van der Waals surface area contributed by atoms with E-state index in [4.69, 9.17) is 0 Å². The van der Waals surface area contributed by atoms with Crippen LogP contribution in [0.25, 0.3) is 0 Å². The molecule has 3 saturated carbocycles. The minimum atomic E-state index is -0.596. The molecule has 3 aliphatic carbocycles. The number of para-hydroxylation sites is 1. The highest BCUT2D eigenvalue weighted by Gasteiger charge is 2.62. The second-order valence-corrected chi connectivity index (χ2v) is 10.8. The molecule has 5 rings (SSSR count). The van der Waals surface area contributed by atoms with Gasteiger partial charge in [0, 0.05) is 30.1 Å². The number of halogens is 1. The lowest BCUT2D eigenvalue weighted by Gasteiger charge is -2.60. The molecule has 1 aromatic carbocycles. The van der Waals surface area contributed by atoms with Crippen LogP contribution in [-0.2, 0) is 9.59 Å². The topological polar surface area (TPSA) is 49.4 Å². The fourth-order valence-electron chi connectivity index (χ4n) is 8.01. The second-order valence-electron chi connectivity index (χ2n) is 10.8. The van der Waals surface area contributed by atoms with E-state index in [-0.39, 0.29) is 28.7 Å². The van der Waals surface area contributed by atoms with Crippen molar-refractivity contribution in [3.63, 3.8) is 0 Å². The molecule has 4 nitrogen and oxygen atoms in total. The van der Waals surface area contributed by atoms with Gasteiger partial charge in [-0.1, -0.05) is 32.0 Å². The lowest BCUT2D eigenvalue weighted by molar-refractivity contribution is -0.144. The summed E-state index contributed by atoms with van der Waals surface area (Å²) in [5, 5.41) is 3.14. The third kappa shape index (κ3) is 2.99. The van der Waals surface area contributed by atoms with Crippen molar-refractivity contribution in [3.05, 3.63) is 42.2 Å². The maximum absolute atomic E-state index is 14.5. The van der Waals surface area contributed by atoms with Crippen LogP contribution in [0.2, 0.25) is 0 Å². The van der Waals surface area contributed by atoms with Crippen LogP contribution in [0.5, 0.6) is 0 Å². The lowest BCUT2D eigenvalue weighted by Crippen LogP contribution is -2.60. The van der Waals surface area contributed by atoms with Crippen molar-refractivity contribution in [3.8, 4) is 0 Å². The molecular formula is C26H33FN2O2. The van der Waals surface area contributed by atoms with Crippen LogP contribution in [0.1, 0.15) is 52.4 Å².